The molecule has 1 saturated carbocycles. The number of hydrogen-bond donors (Lipinski definition) is 0. The summed E-state index contributed by atoms with van der Waals surface area (Å²) in [7, 11) is 4.07. The Hall–Kier alpha value is -0.370. The number of benzene rings is 1. The molecule has 2 heterocycles. The average molecular weight is 471 g/mol. The highest BCUT2D eigenvalue weighted by molar-refractivity contribution is 14.1. The van der Waals surface area contributed by atoms with Gasteiger partial charge in [0.25, 0.3) is 0 Å². The molecule has 1 aromatic rings. The van der Waals surface area contributed by atoms with Crippen molar-refractivity contribution in [3.05, 3.63) is 29.3 Å². The first-order chi connectivity index (χ1) is 12.7. The highest BCUT2D eigenvalue weighted by Gasteiger charge is 2.60. The molecule has 1 spiro atoms. The fraction of sp³-hybridized carbons (Fsp3) is 0.714. The first kappa shape index (κ1) is 19.0. The van der Waals surface area contributed by atoms with Crippen LogP contribution in [-0.2, 0) is 21.3 Å². The minimum absolute atomic E-state index is 0.182. The fourth-order valence-electron chi connectivity index (χ4n) is 6.06. The lowest BCUT2D eigenvalue weighted by Crippen LogP contribution is -2.63. The Morgan fingerprint density at radius 2 is 1.96 bits per heavy atom. The van der Waals surface area contributed by atoms with E-state index >= 15 is 0 Å². The van der Waals surface area contributed by atoms with E-state index in [1.807, 2.05) is 4.93 Å². The third-order valence-electron chi connectivity index (χ3n) is 7.17. The molecule has 5 rings (SSSR count). The van der Waals surface area contributed by atoms with Crippen molar-refractivity contribution >= 4 is 22.6 Å². The smallest absolute Gasteiger partial charge is 0.169 e. The summed E-state index contributed by atoms with van der Waals surface area (Å²) in [6.45, 7) is 2.65. The molecule has 2 saturated heterocycles. The van der Waals surface area contributed by atoms with E-state index in [1.54, 1.807) is 7.11 Å². The third-order valence-corrected chi connectivity index (χ3v) is 7.17. The van der Waals surface area contributed by atoms with Crippen LogP contribution in [0.3, 0.4) is 0 Å². The van der Waals surface area contributed by atoms with E-state index in [1.165, 1.54) is 24.0 Å². The lowest BCUT2D eigenvalue weighted by molar-refractivity contribution is -0.212. The Bertz CT molecular complexity index is 661. The first-order valence-corrected chi connectivity index (χ1v) is 11.8. The van der Waals surface area contributed by atoms with Gasteiger partial charge in [-0.05, 0) is 67.0 Å². The highest BCUT2D eigenvalue weighted by atomic mass is 127. The Morgan fingerprint density at radius 3 is 2.69 bits per heavy atom. The molecule has 0 amide bonds. The molecular weight excluding hydrogens is 441 g/mol. The second-order valence-corrected chi connectivity index (χ2v) is 8.11. The van der Waals surface area contributed by atoms with Crippen LogP contribution in [0.1, 0.15) is 36.8 Å². The van der Waals surface area contributed by atoms with Gasteiger partial charge in [0.1, 0.15) is 5.75 Å². The fourth-order valence-corrected chi connectivity index (χ4v) is 6.06. The predicted molar refractivity (Wildman–Crippen MR) is 111 cm³/mol. The summed E-state index contributed by atoms with van der Waals surface area (Å²) in [6, 6.07) is 7.36. The van der Waals surface area contributed by atoms with Gasteiger partial charge in [-0.25, -0.2) is 0 Å². The lowest BCUT2D eigenvalue weighted by atomic mass is 9.51. The molecule has 1 aromatic carbocycles. The van der Waals surface area contributed by atoms with Crippen molar-refractivity contribution < 1.29 is 14.2 Å². The zero-order chi connectivity index (χ0) is 18.4. The van der Waals surface area contributed by atoms with Gasteiger partial charge in [0.05, 0.1) is 20.3 Å². The molecule has 3 fully saturated rings. The van der Waals surface area contributed by atoms with E-state index in [2.05, 4.69) is 52.7 Å². The molecule has 4 nitrogen and oxygen atoms in total. The van der Waals surface area contributed by atoms with Gasteiger partial charge >= 0.3 is 0 Å². The van der Waals surface area contributed by atoms with Gasteiger partial charge in [0.15, 0.2) is 5.79 Å². The molecule has 0 aromatic heterocycles. The van der Waals surface area contributed by atoms with Crippen LogP contribution in [0.15, 0.2) is 18.2 Å². The van der Waals surface area contributed by atoms with Crippen LogP contribution >= 0.6 is 22.6 Å². The van der Waals surface area contributed by atoms with Crippen LogP contribution < -0.4 is 4.74 Å². The van der Waals surface area contributed by atoms with Gasteiger partial charge in [-0.2, -0.15) is 0 Å². The normalized spacial score (nSPS) is 34.5. The zero-order valence-corrected chi connectivity index (χ0v) is 18.3. The molecule has 5 heteroatoms. The van der Waals surface area contributed by atoms with E-state index in [9.17, 15) is 0 Å². The standard InChI is InChI=1S/C20H27NO3.CH3I/c1-21-8-7-19-13-20(23-9-10-24-20)6-5-16(19)18(21)11-14-3-4-15(22-2)12-17(14)19;1-2/h3-4,12,16,18H,5-11,13H2,1-2H3;1H3/t16-,18+,19-;/m0./s1. The molecule has 2 aliphatic carbocycles. The predicted octanol–water partition coefficient (Wildman–Crippen LogP) is 3.79. The number of fused-ring (bicyclic) bond motifs is 1. The Balaban J connectivity index is 0.000000814. The van der Waals surface area contributed by atoms with Crippen molar-refractivity contribution in [1.29, 1.82) is 0 Å². The topological polar surface area (TPSA) is 30.9 Å². The minimum atomic E-state index is -0.339. The second-order valence-electron chi connectivity index (χ2n) is 8.11. The van der Waals surface area contributed by atoms with Crippen LogP contribution in [0.4, 0.5) is 0 Å². The van der Waals surface area contributed by atoms with E-state index in [0.29, 0.717) is 12.0 Å². The number of halogens is 1. The van der Waals surface area contributed by atoms with Gasteiger partial charge in [-0.15, -0.1) is 0 Å². The molecule has 2 aliphatic heterocycles. The van der Waals surface area contributed by atoms with E-state index in [4.69, 9.17) is 14.2 Å². The summed E-state index contributed by atoms with van der Waals surface area (Å²) in [4.78, 5) is 4.56. The van der Waals surface area contributed by atoms with Crippen LogP contribution in [0.5, 0.6) is 5.75 Å². The highest BCUT2D eigenvalue weighted by Crippen LogP contribution is 2.59. The molecule has 0 radical (unpaired) electrons. The second kappa shape index (κ2) is 7.22. The van der Waals surface area contributed by atoms with Crippen molar-refractivity contribution in [1.82, 2.24) is 4.90 Å². The van der Waals surface area contributed by atoms with Gasteiger partial charge < -0.3 is 19.1 Å². The van der Waals surface area contributed by atoms with Crippen molar-refractivity contribution in [2.75, 3.05) is 38.8 Å². The summed E-state index contributed by atoms with van der Waals surface area (Å²) in [5, 5.41) is 0. The molecule has 3 atom stereocenters. The summed E-state index contributed by atoms with van der Waals surface area (Å²) >= 11 is 2.15. The van der Waals surface area contributed by atoms with Crippen molar-refractivity contribution in [3.63, 3.8) is 0 Å². The van der Waals surface area contributed by atoms with E-state index in [-0.39, 0.29) is 11.2 Å². The first-order valence-electron chi connectivity index (χ1n) is 9.69. The zero-order valence-electron chi connectivity index (χ0n) is 16.1. The molecule has 2 bridgehead atoms. The quantitative estimate of drug-likeness (QED) is 0.461. The molecule has 144 valence electrons. The van der Waals surface area contributed by atoms with Crippen molar-refractivity contribution in [3.8, 4) is 5.75 Å². The van der Waals surface area contributed by atoms with Crippen molar-refractivity contribution in [2.45, 2.75) is 49.3 Å². The Labute approximate surface area is 170 Å². The number of likely N-dealkylation sites (tertiary alicyclic amines) is 1. The number of piperidine rings is 1. The van der Waals surface area contributed by atoms with Crippen molar-refractivity contribution in [2.24, 2.45) is 5.92 Å². The minimum Gasteiger partial charge on any atom is -0.497 e. The lowest BCUT2D eigenvalue weighted by Gasteiger charge is -2.60. The molecule has 0 N–H and O–H groups in total. The maximum absolute atomic E-state index is 6.15. The Kier molecular flexibility index (Phi) is 5.27. The van der Waals surface area contributed by atoms with Crippen LogP contribution in [0, 0.1) is 5.92 Å². The number of nitrogens with zero attached hydrogens (tertiary/aromatic N) is 1. The third kappa shape index (κ3) is 2.81. The molecule has 26 heavy (non-hydrogen) atoms. The molecular formula is C21H30INO3. The SMILES string of the molecule is CI.COc1ccc2c(c1)[C@]13CCN(C)[C@H](C2)[C@@H]1CCC1(C3)OCCO1. The van der Waals surface area contributed by atoms with Gasteiger partial charge in [0.2, 0.25) is 0 Å². The van der Waals surface area contributed by atoms with Gasteiger partial charge in [-0.3, -0.25) is 0 Å². The molecule has 0 unspecified atom stereocenters. The maximum atomic E-state index is 6.15. The number of hydrogen-bond acceptors (Lipinski definition) is 4. The van der Waals surface area contributed by atoms with E-state index < -0.39 is 0 Å². The van der Waals surface area contributed by atoms with Crippen LogP contribution in [-0.4, -0.2) is 55.6 Å². The monoisotopic (exact) mass is 471 g/mol. The number of methoxy groups -OCH3 is 1. The van der Waals surface area contributed by atoms with Crippen LogP contribution in [0.2, 0.25) is 0 Å². The van der Waals surface area contributed by atoms with Crippen LogP contribution in [0.25, 0.3) is 0 Å². The number of rotatable bonds is 1. The largest absolute Gasteiger partial charge is 0.497 e. The number of likely N-dealkylation sites (N-methyl/N-ethyl adjacent to an activating group) is 1. The summed E-state index contributed by atoms with van der Waals surface area (Å²) in [5.41, 5.74) is 3.19. The van der Waals surface area contributed by atoms with Gasteiger partial charge in [-0.1, -0.05) is 28.7 Å². The maximum Gasteiger partial charge on any atom is 0.169 e. The van der Waals surface area contributed by atoms with E-state index in [0.717, 1.165) is 44.8 Å². The van der Waals surface area contributed by atoms with Gasteiger partial charge in [0, 0.05) is 24.3 Å². The summed E-state index contributed by atoms with van der Waals surface area (Å²) in [6.07, 6.45) is 5.61. The molecule has 4 aliphatic rings. The Morgan fingerprint density at radius 1 is 1.19 bits per heavy atom. The number of alkyl halides is 1. The summed E-state index contributed by atoms with van der Waals surface area (Å²) < 4.78 is 17.9. The number of ether oxygens (including phenoxy) is 3. The average Bonchev–Trinajstić information content (AvgIpc) is 3.13. The summed E-state index contributed by atoms with van der Waals surface area (Å²) in [5.74, 6) is 1.34.